The van der Waals surface area contributed by atoms with Crippen LogP contribution in [-0.2, 0) is 9.59 Å². The van der Waals surface area contributed by atoms with Crippen molar-refractivity contribution in [3.8, 4) is 0 Å². The Balaban J connectivity index is 2.11. The predicted octanol–water partition coefficient (Wildman–Crippen LogP) is 1.50. The van der Waals surface area contributed by atoms with E-state index in [0.29, 0.717) is 12.2 Å². The van der Waals surface area contributed by atoms with Crippen molar-refractivity contribution in [1.82, 2.24) is 10.5 Å². The van der Waals surface area contributed by atoms with Crippen molar-refractivity contribution in [2.75, 3.05) is 11.9 Å². The Kier molecular flexibility index (Phi) is 6.23. The highest BCUT2D eigenvalue weighted by atomic mass is 19.2. The maximum Gasteiger partial charge on any atom is 0.250 e. The molecule has 12 heteroatoms. The van der Waals surface area contributed by atoms with Crippen LogP contribution in [-0.4, -0.2) is 34.7 Å². The molecule has 0 radical (unpaired) electrons. The van der Waals surface area contributed by atoms with Gasteiger partial charge >= 0.3 is 0 Å². The van der Waals surface area contributed by atoms with Gasteiger partial charge in [0, 0.05) is 12.1 Å². The highest BCUT2D eigenvalue weighted by Gasteiger charge is 2.25. The van der Waals surface area contributed by atoms with E-state index in [1.54, 1.807) is 0 Å². The molecule has 1 heterocycles. The first kappa shape index (κ1) is 20.0. The van der Waals surface area contributed by atoms with Crippen molar-refractivity contribution >= 4 is 23.7 Å². The maximum atomic E-state index is 13.5. The molecule has 0 saturated carbocycles. The van der Waals surface area contributed by atoms with Crippen LogP contribution in [0.25, 0.3) is 6.08 Å². The molecule has 0 bridgehead atoms. The number of nitrogens with zero attached hydrogens (tertiary/aromatic N) is 1. The number of aromatic nitrogens is 1. The van der Waals surface area contributed by atoms with E-state index in [1.807, 2.05) is 5.32 Å². The Labute approximate surface area is 147 Å². The first-order valence-corrected chi connectivity index (χ1v) is 7.08. The van der Waals surface area contributed by atoms with Crippen LogP contribution in [0.5, 0.6) is 0 Å². The molecule has 2 rings (SSSR count). The van der Waals surface area contributed by atoms with E-state index in [4.69, 9.17) is 5.11 Å². The number of nitrogens with one attached hydrogen (secondary N) is 2. The van der Waals surface area contributed by atoms with Crippen LogP contribution < -0.4 is 10.6 Å². The molecule has 3 N–H and O–H groups in total. The lowest BCUT2D eigenvalue weighted by Crippen LogP contribution is -2.45. The molecular formula is C15H10F5N3O4. The smallest absolute Gasteiger partial charge is 0.250 e. The lowest BCUT2D eigenvalue weighted by Gasteiger charge is -2.13. The van der Waals surface area contributed by atoms with Crippen LogP contribution in [0.1, 0.15) is 5.56 Å². The number of carbonyl (C=O) groups is 2. The van der Waals surface area contributed by atoms with Gasteiger partial charge in [0.25, 0.3) is 5.91 Å². The summed E-state index contributed by atoms with van der Waals surface area (Å²) in [6.07, 6.45) is 1.93. The molecule has 0 aliphatic heterocycles. The van der Waals surface area contributed by atoms with Crippen LogP contribution in [0.3, 0.4) is 0 Å². The van der Waals surface area contributed by atoms with E-state index in [0.717, 1.165) is 6.26 Å². The molecule has 2 amide bonds. The fourth-order valence-electron chi connectivity index (χ4n) is 1.83. The summed E-state index contributed by atoms with van der Waals surface area (Å²) in [6, 6.07) is -0.215. The summed E-state index contributed by atoms with van der Waals surface area (Å²) in [5.41, 5.74) is -1.34. The molecule has 0 spiro atoms. The summed E-state index contributed by atoms with van der Waals surface area (Å²) < 4.78 is 70.6. The molecule has 2 aromatic rings. The monoisotopic (exact) mass is 391 g/mol. The topological polar surface area (TPSA) is 104 Å². The number of aliphatic hydroxyl groups is 1. The Bertz CT molecular complexity index is 857. The molecular weight excluding hydrogens is 381 g/mol. The Morgan fingerprint density at radius 3 is 2.22 bits per heavy atom. The van der Waals surface area contributed by atoms with E-state index >= 15 is 0 Å². The normalized spacial score (nSPS) is 12.2. The number of anilines is 1. The molecule has 0 aliphatic rings. The van der Waals surface area contributed by atoms with Gasteiger partial charge in [0.05, 0.1) is 12.2 Å². The third-order valence-corrected chi connectivity index (χ3v) is 3.15. The molecule has 144 valence electrons. The Morgan fingerprint density at radius 2 is 1.70 bits per heavy atom. The summed E-state index contributed by atoms with van der Waals surface area (Å²) in [6.45, 7) is -0.855. The van der Waals surface area contributed by atoms with Crippen LogP contribution in [0.15, 0.2) is 22.9 Å². The van der Waals surface area contributed by atoms with Crippen molar-refractivity contribution in [3.63, 3.8) is 0 Å². The Hall–Kier alpha value is -3.28. The predicted molar refractivity (Wildman–Crippen MR) is 79.4 cm³/mol. The van der Waals surface area contributed by atoms with Crippen molar-refractivity contribution in [1.29, 1.82) is 0 Å². The highest BCUT2D eigenvalue weighted by Crippen LogP contribution is 2.23. The summed E-state index contributed by atoms with van der Waals surface area (Å²) >= 11 is 0. The number of amides is 2. The number of hydrogen-bond acceptors (Lipinski definition) is 5. The van der Waals surface area contributed by atoms with E-state index in [9.17, 15) is 31.5 Å². The molecule has 27 heavy (non-hydrogen) atoms. The molecule has 1 atom stereocenters. The van der Waals surface area contributed by atoms with E-state index < -0.39 is 59.1 Å². The zero-order chi connectivity index (χ0) is 20.1. The van der Waals surface area contributed by atoms with Crippen molar-refractivity contribution in [2.45, 2.75) is 6.04 Å². The number of rotatable bonds is 6. The van der Waals surface area contributed by atoms with E-state index in [2.05, 4.69) is 15.0 Å². The maximum absolute atomic E-state index is 13.5. The molecule has 7 nitrogen and oxygen atoms in total. The Morgan fingerprint density at radius 1 is 1.11 bits per heavy atom. The molecule has 0 fully saturated rings. The SMILES string of the molecule is O=C(C=Cc1c(F)c(F)c(F)c(F)c1F)NC(CO)C(=O)Nc1ccon1. The van der Waals surface area contributed by atoms with Gasteiger partial charge in [-0.3, -0.25) is 9.59 Å². The minimum atomic E-state index is -2.34. The van der Waals surface area contributed by atoms with Gasteiger partial charge in [-0.05, 0) is 6.08 Å². The zero-order valence-corrected chi connectivity index (χ0v) is 13.1. The third-order valence-electron chi connectivity index (χ3n) is 3.15. The number of aliphatic hydroxyl groups excluding tert-OH is 1. The standard InChI is InChI=1S/C15H10F5N3O4/c16-10-6(11(17)13(19)14(20)12(10)18)1-2-9(25)21-7(5-24)15(26)22-8-3-4-27-23-8/h1-4,7,24H,5H2,(H,21,25)(H,22,23,26). The first-order chi connectivity index (χ1) is 12.8. The van der Waals surface area contributed by atoms with Gasteiger partial charge in [0.1, 0.15) is 12.3 Å². The number of hydrogen-bond donors (Lipinski definition) is 3. The minimum absolute atomic E-state index is 0.00959. The van der Waals surface area contributed by atoms with Gasteiger partial charge in [-0.1, -0.05) is 5.16 Å². The summed E-state index contributed by atoms with van der Waals surface area (Å²) in [7, 11) is 0. The van der Waals surface area contributed by atoms with Gasteiger partial charge in [-0.25, -0.2) is 22.0 Å². The summed E-state index contributed by atoms with van der Waals surface area (Å²) in [4.78, 5) is 23.6. The first-order valence-electron chi connectivity index (χ1n) is 7.08. The van der Waals surface area contributed by atoms with Crippen LogP contribution >= 0.6 is 0 Å². The molecule has 1 aromatic carbocycles. The van der Waals surface area contributed by atoms with Gasteiger partial charge in [-0.15, -0.1) is 0 Å². The number of carbonyl (C=O) groups excluding carboxylic acids is 2. The number of benzene rings is 1. The number of halogens is 5. The van der Waals surface area contributed by atoms with Crippen molar-refractivity contribution in [2.24, 2.45) is 0 Å². The van der Waals surface area contributed by atoms with Gasteiger partial charge in [0.15, 0.2) is 29.1 Å². The molecule has 0 aliphatic carbocycles. The highest BCUT2D eigenvalue weighted by molar-refractivity contribution is 5.99. The zero-order valence-electron chi connectivity index (χ0n) is 13.1. The second kappa shape index (κ2) is 8.40. The van der Waals surface area contributed by atoms with E-state index in [1.165, 1.54) is 6.07 Å². The molecule has 0 saturated heterocycles. The molecule has 1 unspecified atom stereocenters. The second-order valence-corrected chi connectivity index (χ2v) is 4.93. The fourth-order valence-corrected chi connectivity index (χ4v) is 1.83. The second-order valence-electron chi connectivity index (χ2n) is 4.93. The van der Waals surface area contributed by atoms with Crippen LogP contribution in [0.4, 0.5) is 27.8 Å². The minimum Gasteiger partial charge on any atom is -0.394 e. The lowest BCUT2D eigenvalue weighted by atomic mass is 10.1. The summed E-state index contributed by atoms with van der Waals surface area (Å²) in [5.74, 6) is -13.0. The van der Waals surface area contributed by atoms with E-state index in [-0.39, 0.29) is 5.82 Å². The third kappa shape index (κ3) is 4.47. The molecule has 1 aromatic heterocycles. The van der Waals surface area contributed by atoms with Crippen LogP contribution in [0.2, 0.25) is 0 Å². The van der Waals surface area contributed by atoms with Gasteiger partial charge in [-0.2, -0.15) is 0 Å². The van der Waals surface area contributed by atoms with Crippen LogP contribution in [0, 0.1) is 29.1 Å². The average molecular weight is 391 g/mol. The van der Waals surface area contributed by atoms with Gasteiger partial charge in [0.2, 0.25) is 11.7 Å². The lowest BCUT2D eigenvalue weighted by molar-refractivity contribution is -0.124. The largest absolute Gasteiger partial charge is 0.394 e. The fraction of sp³-hybridized carbons (Fsp3) is 0.133. The van der Waals surface area contributed by atoms with Crippen molar-refractivity contribution < 1.29 is 41.2 Å². The van der Waals surface area contributed by atoms with Gasteiger partial charge < -0.3 is 20.3 Å². The quantitative estimate of drug-likeness (QED) is 0.300. The average Bonchev–Trinajstić information content (AvgIpc) is 3.15. The van der Waals surface area contributed by atoms with Crippen molar-refractivity contribution in [3.05, 3.63) is 53.1 Å². The summed E-state index contributed by atoms with van der Waals surface area (Å²) in [5, 5.41) is 16.7.